The van der Waals surface area contributed by atoms with Crippen molar-refractivity contribution in [3.8, 4) is 56.0 Å². The largest absolute Gasteiger partial charge is 0.456 e. The SMILES string of the molecule is c1ccc2c(c1)-c1ccccc1C21c2cccc3c2C2c4c1ccc1c4C4(c5c(ccc6c5C5c7c(cccc7C67c6ccccc6-c6ccccc67)-c6ccc[n+]4c65)O1)[n+]1cccc-3c12. The number of nitrogens with zero attached hydrogens (tertiary/aromatic N) is 2. The van der Waals surface area contributed by atoms with E-state index in [2.05, 4.69) is 204 Å². The molecule has 0 fully saturated rings. The highest BCUT2D eigenvalue weighted by Gasteiger charge is 2.75. The van der Waals surface area contributed by atoms with Gasteiger partial charge in [-0.2, -0.15) is 0 Å². The van der Waals surface area contributed by atoms with Gasteiger partial charge < -0.3 is 4.74 Å². The Kier molecular flexibility index (Phi) is 4.95. The molecule has 3 aliphatic heterocycles. The standard InChI is InChI=1S/C63H34N2O/c1-5-21-41-33(13-1)34-14-2-6-22-42(34)61(41)45-25-9-17-37-39-19-11-31-64-59(39)55(51(37)45)53-47(61)27-29-49-57(53)63(64)58-50(66-49)30-28-48-54(58)56-52-38(40-20-12-32-65(63)60(40)56)18-10-26-46(52)62(48)43-23-7-3-15-35(43)36-16-4-8-24-44(36)62/h1-32,55-56H/q+2. The van der Waals surface area contributed by atoms with Crippen LogP contribution in [-0.2, 0) is 16.5 Å². The van der Waals surface area contributed by atoms with Crippen LogP contribution in [0.4, 0.5) is 0 Å². The number of hydrogen-bond donors (Lipinski definition) is 0. The molecule has 2 atom stereocenters. The first-order chi connectivity index (χ1) is 32.8. The van der Waals surface area contributed by atoms with E-state index in [4.69, 9.17) is 4.74 Å². The maximum Gasteiger partial charge on any atom is 0.423 e. The molecule has 6 aliphatic carbocycles. The molecule has 8 aromatic carbocycles. The van der Waals surface area contributed by atoms with Crippen LogP contribution in [0.5, 0.6) is 11.5 Å². The molecule has 0 N–H and O–H groups in total. The summed E-state index contributed by atoms with van der Waals surface area (Å²) in [5, 5.41) is 0. The molecule has 5 heterocycles. The van der Waals surface area contributed by atoms with Crippen molar-refractivity contribution in [1.29, 1.82) is 0 Å². The van der Waals surface area contributed by atoms with E-state index in [0.29, 0.717) is 0 Å². The summed E-state index contributed by atoms with van der Waals surface area (Å²) in [6.45, 7) is 0. The minimum atomic E-state index is -0.806. The summed E-state index contributed by atoms with van der Waals surface area (Å²) in [4.78, 5) is 0. The van der Waals surface area contributed by atoms with Gasteiger partial charge in [0.2, 0.25) is 11.4 Å². The van der Waals surface area contributed by atoms with E-state index in [-0.39, 0.29) is 11.8 Å². The van der Waals surface area contributed by atoms with Crippen LogP contribution in [0.25, 0.3) is 44.5 Å². The fourth-order valence-corrected chi connectivity index (χ4v) is 16.5. The van der Waals surface area contributed by atoms with Crippen molar-refractivity contribution in [2.45, 2.75) is 28.3 Å². The minimum absolute atomic E-state index is 0.0389. The Labute approximate surface area is 380 Å². The van der Waals surface area contributed by atoms with E-state index in [1.807, 2.05) is 0 Å². The quantitative estimate of drug-likeness (QED) is 0.139. The lowest BCUT2D eigenvalue weighted by Crippen LogP contribution is -2.80. The van der Waals surface area contributed by atoms with Crippen LogP contribution in [0.2, 0.25) is 0 Å². The fourth-order valence-electron chi connectivity index (χ4n) is 16.5. The van der Waals surface area contributed by atoms with E-state index in [1.165, 1.54) is 134 Å². The Hall–Kier alpha value is -8.14. The van der Waals surface area contributed by atoms with Crippen molar-refractivity contribution in [1.82, 2.24) is 0 Å². The molecule has 66 heavy (non-hydrogen) atoms. The van der Waals surface area contributed by atoms with Crippen LogP contribution in [0.3, 0.4) is 0 Å². The second-order valence-electron chi connectivity index (χ2n) is 20.0. The van der Waals surface area contributed by atoms with Gasteiger partial charge >= 0.3 is 5.66 Å². The number of hydrogen-bond acceptors (Lipinski definition) is 1. The summed E-state index contributed by atoms with van der Waals surface area (Å²) in [6.07, 6.45) is 4.84. The van der Waals surface area contributed by atoms with Crippen molar-refractivity contribution >= 4 is 0 Å². The van der Waals surface area contributed by atoms with Gasteiger partial charge in [0.1, 0.15) is 22.6 Å². The van der Waals surface area contributed by atoms with Gasteiger partial charge in [-0.15, -0.1) is 9.13 Å². The van der Waals surface area contributed by atoms with E-state index >= 15 is 0 Å². The average molecular weight is 835 g/mol. The summed E-state index contributed by atoms with van der Waals surface area (Å²) >= 11 is 0. The normalized spacial score (nSPS) is 20.8. The number of fused-ring (bicyclic) bond motifs is 16. The molecule has 10 aromatic rings. The third-order valence-electron chi connectivity index (χ3n) is 18.1. The van der Waals surface area contributed by atoms with Gasteiger partial charge in [-0.1, -0.05) is 146 Å². The Bertz CT molecular complexity index is 3780. The lowest BCUT2D eigenvalue weighted by molar-refractivity contribution is -0.979. The van der Waals surface area contributed by atoms with Crippen LogP contribution in [0, 0.1) is 0 Å². The zero-order chi connectivity index (χ0) is 42.2. The highest BCUT2D eigenvalue weighted by molar-refractivity contribution is 5.96. The predicted octanol–water partition coefficient (Wildman–Crippen LogP) is 12.0. The number of benzene rings is 8. The van der Waals surface area contributed by atoms with Crippen LogP contribution < -0.4 is 13.9 Å². The monoisotopic (exact) mass is 834 g/mol. The van der Waals surface area contributed by atoms with Gasteiger partial charge in [-0.05, 0) is 124 Å². The number of ether oxygens (including phenoxy) is 1. The molecule has 0 radical (unpaired) electrons. The maximum atomic E-state index is 7.60. The number of aromatic nitrogens is 2. The molecule has 0 amide bonds. The van der Waals surface area contributed by atoms with Crippen molar-refractivity contribution in [3.63, 3.8) is 0 Å². The molecule has 0 saturated heterocycles. The van der Waals surface area contributed by atoms with Crippen molar-refractivity contribution < 1.29 is 13.9 Å². The fraction of sp³-hybridized carbons (Fsp3) is 0.0794. The Morgan fingerprint density at radius 3 is 1.08 bits per heavy atom. The first-order valence-corrected chi connectivity index (χ1v) is 23.6. The molecule has 0 bridgehead atoms. The van der Waals surface area contributed by atoms with Crippen LogP contribution >= 0.6 is 0 Å². The summed E-state index contributed by atoms with van der Waals surface area (Å²) in [6, 6.07) is 70.4. The topological polar surface area (TPSA) is 17.0 Å². The lowest BCUT2D eigenvalue weighted by atomic mass is 9.54. The zero-order valence-electron chi connectivity index (χ0n) is 35.4. The van der Waals surface area contributed by atoms with Gasteiger partial charge in [0.05, 0.1) is 33.8 Å². The summed E-state index contributed by atoms with van der Waals surface area (Å²) < 4.78 is 13.1. The summed E-state index contributed by atoms with van der Waals surface area (Å²) in [7, 11) is 0. The second kappa shape index (κ2) is 10.1. The van der Waals surface area contributed by atoms with Crippen LogP contribution in [-0.4, -0.2) is 0 Å². The Balaban J connectivity index is 1.05. The van der Waals surface area contributed by atoms with Crippen LogP contribution in [0.1, 0.15) is 101 Å². The molecule has 3 heteroatoms. The summed E-state index contributed by atoms with van der Waals surface area (Å²) in [5.41, 5.74) is 30.9. The number of pyridine rings is 2. The van der Waals surface area contributed by atoms with Crippen molar-refractivity contribution in [2.75, 3.05) is 0 Å². The highest BCUT2D eigenvalue weighted by atomic mass is 16.5. The van der Waals surface area contributed by atoms with Gasteiger partial charge in [0.25, 0.3) is 0 Å². The molecule has 3 nitrogen and oxygen atoms in total. The smallest absolute Gasteiger partial charge is 0.423 e. The predicted molar refractivity (Wildman–Crippen MR) is 252 cm³/mol. The third-order valence-corrected chi connectivity index (χ3v) is 18.1. The maximum absolute atomic E-state index is 7.60. The molecule has 300 valence electrons. The average Bonchev–Trinajstić information content (AvgIpc) is 4.09. The molecule has 19 rings (SSSR count). The first-order valence-electron chi connectivity index (χ1n) is 23.6. The molecule has 3 spiro atoms. The van der Waals surface area contributed by atoms with E-state index in [9.17, 15) is 0 Å². The van der Waals surface area contributed by atoms with Crippen LogP contribution in [0.15, 0.2) is 194 Å². The molecule has 2 aromatic heterocycles. The van der Waals surface area contributed by atoms with E-state index in [0.717, 1.165) is 11.5 Å². The molecular formula is C63H34N2O+2. The third kappa shape index (κ3) is 2.87. The van der Waals surface area contributed by atoms with E-state index in [1.54, 1.807) is 0 Å². The van der Waals surface area contributed by atoms with Crippen molar-refractivity contribution in [2.24, 2.45) is 0 Å². The minimum Gasteiger partial charge on any atom is -0.456 e. The van der Waals surface area contributed by atoms with E-state index < -0.39 is 16.5 Å². The second-order valence-corrected chi connectivity index (χ2v) is 20.0. The van der Waals surface area contributed by atoms with Gasteiger partial charge in [-0.25, -0.2) is 0 Å². The Morgan fingerprint density at radius 1 is 0.303 bits per heavy atom. The van der Waals surface area contributed by atoms with Crippen molar-refractivity contribution in [3.05, 3.63) is 284 Å². The molecule has 0 saturated carbocycles. The van der Waals surface area contributed by atoms with Gasteiger partial charge in [0, 0.05) is 12.1 Å². The molecule has 2 unspecified atom stereocenters. The van der Waals surface area contributed by atoms with Gasteiger partial charge in [-0.3, -0.25) is 0 Å². The zero-order valence-corrected chi connectivity index (χ0v) is 35.4. The number of rotatable bonds is 0. The highest BCUT2D eigenvalue weighted by Crippen LogP contribution is 2.72. The first kappa shape index (κ1) is 32.5. The Morgan fingerprint density at radius 2 is 0.652 bits per heavy atom. The molecule has 9 aliphatic rings. The lowest BCUT2D eigenvalue weighted by Gasteiger charge is -2.49. The summed E-state index contributed by atoms with van der Waals surface area (Å²) in [5.74, 6) is 1.98. The van der Waals surface area contributed by atoms with Gasteiger partial charge in [0.15, 0.2) is 12.4 Å². The molecular weight excluding hydrogens is 801 g/mol.